The summed E-state index contributed by atoms with van der Waals surface area (Å²) in [6.45, 7) is 2.40. The SMILES string of the molecule is Cc1ccc(N2C(=O)N(c3ccc(Cl)cc3)C(=NC(=O)Nc3ccc(Cl)cc3)C23COC3)cc1. The number of amides is 4. The van der Waals surface area contributed by atoms with Crippen LogP contribution in [0.5, 0.6) is 0 Å². The van der Waals surface area contributed by atoms with Gasteiger partial charge in [-0.1, -0.05) is 40.9 Å². The van der Waals surface area contributed by atoms with E-state index in [0.717, 1.165) is 5.56 Å². The molecule has 2 aliphatic rings. The Labute approximate surface area is 206 Å². The summed E-state index contributed by atoms with van der Waals surface area (Å²) in [6.07, 6.45) is 0. The van der Waals surface area contributed by atoms with Gasteiger partial charge >= 0.3 is 12.1 Å². The van der Waals surface area contributed by atoms with Crippen LogP contribution in [-0.4, -0.2) is 36.7 Å². The number of benzene rings is 3. The molecule has 2 heterocycles. The van der Waals surface area contributed by atoms with Crippen LogP contribution in [0.15, 0.2) is 77.8 Å². The zero-order valence-electron chi connectivity index (χ0n) is 18.2. The van der Waals surface area contributed by atoms with Crippen LogP contribution < -0.4 is 15.1 Å². The first-order valence-corrected chi connectivity index (χ1v) is 11.3. The molecule has 0 saturated carbocycles. The van der Waals surface area contributed by atoms with Gasteiger partial charge in [0.1, 0.15) is 0 Å². The van der Waals surface area contributed by atoms with Crippen molar-refractivity contribution in [2.24, 2.45) is 4.99 Å². The molecule has 0 atom stereocenters. The van der Waals surface area contributed by atoms with Gasteiger partial charge in [-0.25, -0.2) is 14.5 Å². The molecule has 5 rings (SSSR count). The maximum absolute atomic E-state index is 13.8. The number of carbonyl (C=O) groups excluding carboxylic acids is 2. The number of halogens is 2. The van der Waals surface area contributed by atoms with Crippen LogP contribution in [0, 0.1) is 6.92 Å². The lowest BCUT2D eigenvalue weighted by Crippen LogP contribution is -2.64. The quantitative estimate of drug-likeness (QED) is 0.474. The number of aliphatic imine (C=N–C) groups is 1. The Morgan fingerprint density at radius 2 is 1.47 bits per heavy atom. The fraction of sp³-hybridized carbons (Fsp3) is 0.160. The Morgan fingerprint density at radius 3 is 2.03 bits per heavy atom. The molecule has 1 N–H and O–H groups in total. The number of rotatable bonds is 3. The average molecular weight is 495 g/mol. The molecule has 4 amide bonds. The van der Waals surface area contributed by atoms with Gasteiger partial charge in [0.2, 0.25) is 0 Å². The highest BCUT2D eigenvalue weighted by molar-refractivity contribution is 6.35. The van der Waals surface area contributed by atoms with Gasteiger partial charge in [-0.3, -0.25) is 4.90 Å². The van der Waals surface area contributed by atoms with E-state index in [9.17, 15) is 9.59 Å². The zero-order valence-corrected chi connectivity index (χ0v) is 19.7. The first-order valence-electron chi connectivity index (χ1n) is 10.6. The van der Waals surface area contributed by atoms with E-state index in [2.05, 4.69) is 10.3 Å². The molecule has 0 aliphatic carbocycles. The van der Waals surface area contributed by atoms with Crippen molar-refractivity contribution >= 4 is 58.2 Å². The smallest absolute Gasteiger partial charge is 0.347 e. The molecule has 3 aromatic carbocycles. The Hall–Kier alpha value is -3.39. The summed E-state index contributed by atoms with van der Waals surface area (Å²) in [4.78, 5) is 34.2. The van der Waals surface area contributed by atoms with Gasteiger partial charge in [0.05, 0.1) is 18.9 Å². The highest BCUT2D eigenvalue weighted by Crippen LogP contribution is 2.41. The molecule has 0 aromatic heterocycles. The molecular formula is C25H20Cl2N4O3. The van der Waals surface area contributed by atoms with E-state index >= 15 is 0 Å². The first-order chi connectivity index (χ1) is 16.4. The van der Waals surface area contributed by atoms with E-state index < -0.39 is 11.6 Å². The fourth-order valence-corrected chi connectivity index (χ4v) is 4.30. The second-order valence-corrected chi connectivity index (χ2v) is 9.04. The van der Waals surface area contributed by atoms with Crippen LogP contribution in [0.3, 0.4) is 0 Å². The number of amidine groups is 1. The molecule has 7 nitrogen and oxygen atoms in total. The molecule has 3 aromatic rings. The second kappa shape index (κ2) is 8.76. The van der Waals surface area contributed by atoms with Gasteiger partial charge in [0, 0.05) is 21.4 Å². The minimum Gasteiger partial charge on any atom is -0.375 e. The third-order valence-electron chi connectivity index (χ3n) is 5.80. The number of aryl methyl sites for hydroxylation is 1. The van der Waals surface area contributed by atoms with Gasteiger partial charge in [-0.15, -0.1) is 0 Å². The van der Waals surface area contributed by atoms with Crippen molar-refractivity contribution in [3.8, 4) is 0 Å². The topological polar surface area (TPSA) is 74.2 Å². The minimum atomic E-state index is -0.913. The van der Waals surface area contributed by atoms with Crippen molar-refractivity contribution < 1.29 is 14.3 Å². The van der Waals surface area contributed by atoms with Crippen molar-refractivity contribution in [2.75, 3.05) is 28.3 Å². The standard InChI is InChI=1S/C25H20Cl2N4O3/c1-16-2-10-21(11-3-16)31-24(33)30(20-12-6-18(27)7-13-20)22(25(31)14-34-15-25)29-23(32)28-19-8-4-17(26)5-9-19/h2-13H,14-15H2,1H3,(H,28,32). The number of nitrogens with zero attached hydrogens (tertiary/aromatic N) is 3. The highest BCUT2D eigenvalue weighted by atomic mass is 35.5. The normalized spacial score (nSPS) is 17.9. The first kappa shape index (κ1) is 22.4. The van der Waals surface area contributed by atoms with Crippen molar-refractivity contribution in [3.63, 3.8) is 0 Å². The molecule has 172 valence electrons. The largest absolute Gasteiger partial charge is 0.375 e. The zero-order chi connectivity index (χ0) is 23.9. The molecule has 0 radical (unpaired) electrons. The van der Waals surface area contributed by atoms with E-state index in [1.165, 1.54) is 4.90 Å². The molecule has 1 spiro atoms. The number of urea groups is 2. The fourth-order valence-electron chi connectivity index (χ4n) is 4.04. The number of ether oxygens (including phenoxy) is 1. The molecule has 9 heteroatoms. The van der Waals surface area contributed by atoms with Gasteiger partial charge in [0.25, 0.3) is 0 Å². The highest BCUT2D eigenvalue weighted by Gasteiger charge is 2.61. The van der Waals surface area contributed by atoms with Crippen LogP contribution in [0.1, 0.15) is 5.56 Å². The van der Waals surface area contributed by atoms with Crippen LogP contribution in [-0.2, 0) is 4.74 Å². The average Bonchev–Trinajstić information content (AvgIpc) is 3.05. The molecule has 2 fully saturated rings. The van der Waals surface area contributed by atoms with Crippen molar-refractivity contribution in [1.29, 1.82) is 0 Å². The third kappa shape index (κ3) is 3.92. The summed E-state index contributed by atoms with van der Waals surface area (Å²) in [7, 11) is 0. The van der Waals surface area contributed by atoms with Crippen molar-refractivity contribution in [1.82, 2.24) is 0 Å². The molecule has 2 saturated heterocycles. The Balaban J connectivity index is 1.59. The number of hydrogen-bond donors (Lipinski definition) is 1. The van der Waals surface area contributed by atoms with Crippen molar-refractivity contribution in [3.05, 3.63) is 88.4 Å². The van der Waals surface area contributed by atoms with Gasteiger partial charge in [-0.2, -0.15) is 4.99 Å². The van der Waals surface area contributed by atoms with E-state index in [0.29, 0.717) is 27.1 Å². The van der Waals surface area contributed by atoms with E-state index in [4.69, 9.17) is 27.9 Å². The number of carbonyl (C=O) groups is 2. The molecular weight excluding hydrogens is 475 g/mol. The maximum atomic E-state index is 13.8. The monoisotopic (exact) mass is 494 g/mol. The molecule has 0 bridgehead atoms. The lowest BCUT2D eigenvalue weighted by atomic mass is 9.94. The summed E-state index contributed by atoms with van der Waals surface area (Å²) in [5.74, 6) is 0.290. The van der Waals surface area contributed by atoms with Crippen LogP contribution in [0.4, 0.5) is 26.7 Å². The lowest BCUT2D eigenvalue weighted by Gasteiger charge is -2.43. The predicted molar refractivity (Wildman–Crippen MR) is 134 cm³/mol. The Bertz CT molecular complexity index is 1270. The van der Waals surface area contributed by atoms with E-state index in [1.54, 1.807) is 53.4 Å². The third-order valence-corrected chi connectivity index (χ3v) is 6.30. The predicted octanol–water partition coefficient (Wildman–Crippen LogP) is 6.15. The van der Waals surface area contributed by atoms with E-state index in [-0.39, 0.29) is 25.1 Å². The van der Waals surface area contributed by atoms with Gasteiger partial charge in [0.15, 0.2) is 11.4 Å². The summed E-state index contributed by atoms with van der Waals surface area (Å²) >= 11 is 12.0. The minimum absolute atomic E-state index is 0.212. The second-order valence-electron chi connectivity index (χ2n) is 8.16. The van der Waals surface area contributed by atoms with Crippen LogP contribution in [0.2, 0.25) is 10.0 Å². The summed E-state index contributed by atoms with van der Waals surface area (Å²) in [6, 6.07) is 20.2. The van der Waals surface area contributed by atoms with Crippen molar-refractivity contribution in [2.45, 2.75) is 12.5 Å². The maximum Gasteiger partial charge on any atom is 0.347 e. The number of anilines is 3. The number of hydrogen-bond acceptors (Lipinski definition) is 3. The molecule has 0 unspecified atom stereocenters. The lowest BCUT2D eigenvalue weighted by molar-refractivity contribution is -0.0152. The Morgan fingerprint density at radius 1 is 0.912 bits per heavy atom. The Kier molecular flexibility index (Phi) is 5.77. The summed E-state index contributed by atoms with van der Waals surface area (Å²) in [5, 5.41) is 3.82. The summed E-state index contributed by atoms with van der Waals surface area (Å²) < 4.78 is 5.56. The molecule has 2 aliphatic heterocycles. The van der Waals surface area contributed by atoms with Gasteiger partial charge < -0.3 is 10.1 Å². The van der Waals surface area contributed by atoms with E-state index in [1.807, 2.05) is 31.2 Å². The molecule has 34 heavy (non-hydrogen) atoms. The number of nitrogens with one attached hydrogen (secondary N) is 1. The summed E-state index contributed by atoms with van der Waals surface area (Å²) in [5.41, 5.74) is 1.94. The van der Waals surface area contributed by atoms with Crippen LogP contribution >= 0.6 is 23.2 Å². The van der Waals surface area contributed by atoms with Crippen LogP contribution in [0.25, 0.3) is 0 Å². The van der Waals surface area contributed by atoms with Gasteiger partial charge in [-0.05, 0) is 67.6 Å².